The Morgan fingerprint density at radius 2 is 1.50 bits per heavy atom. The van der Waals surface area contributed by atoms with Gasteiger partial charge in [-0.05, 0) is 17.7 Å². The topological polar surface area (TPSA) is 55.5 Å². The second-order valence-electron chi connectivity index (χ2n) is 4.07. The number of ether oxygens (including phenoxy) is 1. The molecule has 0 aromatic heterocycles. The molecule has 2 unspecified atom stereocenters. The van der Waals surface area contributed by atoms with Crippen molar-refractivity contribution in [3.63, 3.8) is 0 Å². The molecule has 0 amide bonds. The first-order valence-electron chi connectivity index (χ1n) is 5.96. The molecule has 0 bridgehead atoms. The summed E-state index contributed by atoms with van der Waals surface area (Å²) >= 11 is 0. The van der Waals surface area contributed by atoms with E-state index in [0.29, 0.717) is 0 Å². The van der Waals surface area contributed by atoms with Crippen LogP contribution in [-0.4, -0.2) is 17.8 Å². The summed E-state index contributed by atoms with van der Waals surface area (Å²) in [5, 5.41) is 9.98. The number of aliphatic hydroxyl groups is 1. The third kappa shape index (κ3) is 3.09. The summed E-state index contributed by atoms with van der Waals surface area (Å²) in [4.78, 5) is 0. The molecule has 0 saturated heterocycles. The van der Waals surface area contributed by atoms with Gasteiger partial charge < -0.3 is 15.6 Å². The zero-order chi connectivity index (χ0) is 12.8. The fourth-order valence-corrected chi connectivity index (χ4v) is 1.78. The minimum absolute atomic E-state index is 0.159. The van der Waals surface area contributed by atoms with Gasteiger partial charge in [0.25, 0.3) is 0 Å². The van der Waals surface area contributed by atoms with Crippen molar-refractivity contribution in [2.45, 2.75) is 12.2 Å². The van der Waals surface area contributed by atoms with Gasteiger partial charge in [-0.3, -0.25) is 0 Å². The lowest BCUT2D eigenvalue weighted by atomic mass is 10.0. The molecule has 0 aliphatic heterocycles. The molecular formula is C15H17NO2. The third-order valence-corrected chi connectivity index (χ3v) is 2.73. The lowest BCUT2D eigenvalue weighted by Gasteiger charge is -2.23. The van der Waals surface area contributed by atoms with Gasteiger partial charge in [-0.25, -0.2) is 0 Å². The molecule has 2 atom stereocenters. The third-order valence-electron chi connectivity index (χ3n) is 2.73. The fourth-order valence-electron chi connectivity index (χ4n) is 1.78. The van der Waals surface area contributed by atoms with Crippen molar-refractivity contribution in [1.29, 1.82) is 0 Å². The van der Waals surface area contributed by atoms with Crippen LogP contribution in [0.1, 0.15) is 11.7 Å². The molecule has 3 N–H and O–H groups in total. The van der Waals surface area contributed by atoms with Crippen molar-refractivity contribution in [2.75, 3.05) is 6.54 Å². The Balaban J connectivity index is 2.21. The molecule has 0 aliphatic carbocycles. The van der Waals surface area contributed by atoms with Gasteiger partial charge in [0.15, 0.2) is 6.10 Å². The van der Waals surface area contributed by atoms with Crippen LogP contribution in [-0.2, 0) is 0 Å². The summed E-state index contributed by atoms with van der Waals surface area (Å²) in [6, 6.07) is 19.0. The molecule has 0 spiro atoms. The molecule has 2 aromatic carbocycles. The van der Waals surface area contributed by atoms with Gasteiger partial charge in [0, 0.05) is 6.54 Å². The molecule has 0 fully saturated rings. The highest BCUT2D eigenvalue weighted by atomic mass is 16.5. The molecule has 0 saturated carbocycles. The summed E-state index contributed by atoms with van der Waals surface area (Å²) in [5.41, 5.74) is 6.45. The monoisotopic (exact) mass is 243 g/mol. The van der Waals surface area contributed by atoms with Crippen LogP contribution >= 0.6 is 0 Å². The van der Waals surface area contributed by atoms with E-state index in [1.807, 2.05) is 60.7 Å². The Kier molecular flexibility index (Phi) is 4.34. The standard InChI is InChI=1S/C15H17NO2/c16-11-14(17)15(12-7-3-1-4-8-12)18-13-9-5-2-6-10-13/h1-10,14-15,17H,11,16H2. The van der Waals surface area contributed by atoms with E-state index in [-0.39, 0.29) is 6.54 Å². The highest BCUT2D eigenvalue weighted by Crippen LogP contribution is 2.24. The van der Waals surface area contributed by atoms with Crippen LogP contribution in [0.4, 0.5) is 0 Å². The van der Waals surface area contributed by atoms with Crippen molar-refractivity contribution in [1.82, 2.24) is 0 Å². The number of para-hydroxylation sites is 1. The average molecular weight is 243 g/mol. The molecule has 3 nitrogen and oxygen atoms in total. The van der Waals surface area contributed by atoms with E-state index >= 15 is 0 Å². The van der Waals surface area contributed by atoms with Gasteiger partial charge in [0.2, 0.25) is 0 Å². The second kappa shape index (κ2) is 6.19. The maximum atomic E-state index is 9.98. The molecule has 18 heavy (non-hydrogen) atoms. The van der Waals surface area contributed by atoms with Crippen LogP contribution in [0.15, 0.2) is 60.7 Å². The minimum Gasteiger partial charge on any atom is -0.483 e. The SMILES string of the molecule is NCC(O)C(Oc1ccccc1)c1ccccc1. The number of rotatable bonds is 5. The number of benzene rings is 2. The van der Waals surface area contributed by atoms with Crippen LogP contribution in [0.5, 0.6) is 5.75 Å². The highest BCUT2D eigenvalue weighted by Gasteiger charge is 2.21. The van der Waals surface area contributed by atoms with Crippen molar-refractivity contribution in [3.05, 3.63) is 66.2 Å². The average Bonchev–Trinajstić information content (AvgIpc) is 2.46. The Morgan fingerprint density at radius 1 is 0.944 bits per heavy atom. The first-order valence-corrected chi connectivity index (χ1v) is 5.96. The van der Waals surface area contributed by atoms with E-state index in [2.05, 4.69) is 0 Å². The van der Waals surface area contributed by atoms with E-state index in [1.54, 1.807) is 0 Å². The molecule has 3 heteroatoms. The Labute approximate surface area is 107 Å². The van der Waals surface area contributed by atoms with Crippen LogP contribution in [0, 0.1) is 0 Å². The normalized spacial score (nSPS) is 13.9. The quantitative estimate of drug-likeness (QED) is 0.845. The molecular weight excluding hydrogens is 226 g/mol. The maximum absolute atomic E-state index is 9.98. The van der Waals surface area contributed by atoms with Gasteiger partial charge in [-0.15, -0.1) is 0 Å². The highest BCUT2D eigenvalue weighted by molar-refractivity contribution is 5.25. The van der Waals surface area contributed by atoms with Crippen molar-refractivity contribution in [3.8, 4) is 5.75 Å². The summed E-state index contributed by atoms with van der Waals surface area (Å²) in [6.07, 6.45) is -1.17. The smallest absolute Gasteiger partial charge is 0.151 e. The first-order chi connectivity index (χ1) is 8.81. The number of nitrogens with two attached hydrogens (primary N) is 1. The molecule has 2 aromatic rings. The lowest BCUT2D eigenvalue weighted by Crippen LogP contribution is -2.30. The number of aliphatic hydroxyl groups excluding tert-OH is 1. The lowest BCUT2D eigenvalue weighted by molar-refractivity contribution is 0.0414. The van der Waals surface area contributed by atoms with E-state index in [0.717, 1.165) is 11.3 Å². The predicted molar refractivity (Wildman–Crippen MR) is 71.3 cm³/mol. The molecule has 94 valence electrons. The maximum Gasteiger partial charge on any atom is 0.151 e. The largest absolute Gasteiger partial charge is 0.483 e. The summed E-state index contributed by atoms with van der Waals surface area (Å²) in [7, 11) is 0. The summed E-state index contributed by atoms with van der Waals surface area (Å²) in [5.74, 6) is 0.721. The van der Waals surface area contributed by atoms with E-state index < -0.39 is 12.2 Å². The van der Waals surface area contributed by atoms with Crippen LogP contribution in [0.25, 0.3) is 0 Å². The van der Waals surface area contributed by atoms with Crippen molar-refractivity contribution < 1.29 is 9.84 Å². The summed E-state index contributed by atoms with van der Waals surface area (Å²) in [6.45, 7) is 0.159. The Morgan fingerprint density at radius 3 is 2.06 bits per heavy atom. The Bertz CT molecular complexity index is 458. The van der Waals surface area contributed by atoms with Crippen LogP contribution in [0.2, 0.25) is 0 Å². The van der Waals surface area contributed by atoms with Gasteiger partial charge >= 0.3 is 0 Å². The molecule has 0 radical (unpaired) electrons. The second-order valence-corrected chi connectivity index (χ2v) is 4.07. The van der Waals surface area contributed by atoms with Gasteiger partial charge in [-0.2, -0.15) is 0 Å². The van der Waals surface area contributed by atoms with Crippen molar-refractivity contribution in [2.24, 2.45) is 5.73 Å². The Hall–Kier alpha value is -1.84. The van der Waals surface area contributed by atoms with Gasteiger partial charge in [0.1, 0.15) is 11.9 Å². The zero-order valence-corrected chi connectivity index (χ0v) is 10.1. The fraction of sp³-hybridized carbons (Fsp3) is 0.200. The molecule has 0 aliphatic rings. The van der Waals surface area contributed by atoms with Crippen LogP contribution < -0.4 is 10.5 Å². The van der Waals surface area contributed by atoms with E-state index in [1.165, 1.54) is 0 Å². The van der Waals surface area contributed by atoms with Crippen LogP contribution in [0.3, 0.4) is 0 Å². The van der Waals surface area contributed by atoms with Gasteiger partial charge in [-0.1, -0.05) is 48.5 Å². The number of hydrogen-bond acceptors (Lipinski definition) is 3. The van der Waals surface area contributed by atoms with Gasteiger partial charge in [0.05, 0.1) is 0 Å². The minimum atomic E-state index is -0.729. The molecule has 0 heterocycles. The number of hydrogen-bond donors (Lipinski definition) is 2. The van der Waals surface area contributed by atoms with Crippen molar-refractivity contribution >= 4 is 0 Å². The zero-order valence-electron chi connectivity index (χ0n) is 10.1. The first kappa shape index (κ1) is 12.6. The summed E-state index contributed by atoms with van der Waals surface area (Å²) < 4.78 is 5.82. The predicted octanol–water partition coefficient (Wildman–Crippen LogP) is 2.13. The van der Waals surface area contributed by atoms with E-state index in [4.69, 9.17) is 10.5 Å². The molecule has 2 rings (SSSR count). The van der Waals surface area contributed by atoms with E-state index in [9.17, 15) is 5.11 Å².